The predicted octanol–water partition coefficient (Wildman–Crippen LogP) is 4.04. The molecule has 1 aromatic heterocycles. The van der Waals surface area contributed by atoms with E-state index in [9.17, 15) is 4.79 Å². The summed E-state index contributed by atoms with van der Waals surface area (Å²) in [6, 6.07) is 19.8. The highest BCUT2D eigenvalue weighted by Crippen LogP contribution is 2.20. The summed E-state index contributed by atoms with van der Waals surface area (Å²) in [5.74, 6) is 0.234. The molecule has 0 saturated carbocycles. The summed E-state index contributed by atoms with van der Waals surface area (Å²) in [7, 11) is 0. The molecule has 0 amide bonds. The summed E-state index contributed by atoms with van der Waals surface area (Å²) in [4.78, 5) is 16.9. The van der Waals surface area contributed by atoms with Crippen molar-refractivity contribution in [1.29, 1.82) is 0 Å². The van der Waals surface area contributed by atoms with Crippen LogP contribution in [0.4, 0.5) is 0 Å². The van der Waals surface area contributed by atoms with Crippen LogP contribution in [0.1, 0.15) is 23.9 Å². The Morgan fingerprint density at radius 3 is 2.44 bits per heavy atom. The van der Waals surface area contributed by atoms with Crippen LogP contribution in [0.25, 0.3) is 11.6 Å². The lowest BCUT2D eigenvalue weighted by molar-refractivity contribution is -0.136. The van der Waals surface area contributed by atoms with Crippen molar-refractivity contribution in [3.63, 3.8) is 0 Å². The molecule has 25 heavy (non-hydrogen) atoms. The first-order valence-corrected chi connectivity index (χ1v) is 8.27. The molecular formula is C21H20N2O2. The van der Waals surface area contributed by atoms with E-state index in [1.54, 1.807) is 13.1 Å². The molecular weight excluding hydrogens is 312 g/mol. The van der Waals surface area contributed by atoms with Crippen LogP contribution in [0.15, 0.2) is 73.1 Å². The average molecular weight is 332 g/mol. The Balaban J connectivity index is 1.98. The second-order valence-electron chi connectivity index (χ2n) is 5.55. The largest absolute Gasteiger partial charge is 0.462 e. The number of hydrogen-bond acceptors (Lipinski definition) is 3. The quantitative estimate of drug-likeness (QED) is 0.505. The second-order valence-corrected chi connectivity index (χ2v) is 5.55. The number of aromatic nitrogens is 2. The fraction of sp³-hybridized carbons (Fsp3) is 0.143. The van der Waals surface area contributed by atoms with Gasteiger partial charge >= 0.3 is 5.97 Å². The number of ether oxygens (including phenoxy) is 1. The van der Waals surface area contributed by atoms with Crippen LogP contribution >= 0.6 is 0 Å². The number of hydrogen-bond donors (Lipinski definition) is 0. The molecule has 0 unspecified atom stereocenters. The minimum absolute atomic E-state index is 0.324. The lowest BCUT2D eigenvalue weighted by atomic mass is 10.1. The van der Waals surface area contributed by atoms with E-state index < -0.39 is 0 Å². The summed E-state index contributed by atoms with van der Waals surface area (Å²) < 4.78 is 7.20. The highest BCUT2D eigenvalue weighted by Gasteiger charge is 2.18. The molecule has 0 spiro atoms. The smallest absolute Gasteiger partial charge is 0.341 e. The van der Waals surface area contributed by atoms with Crippen LogP contribution in [-0.4, -0.2) is 22.1 Å². The molecule has 3 rings (SSSR count). The van der Waals surface area contributed by atoms with Crippen LogP contribution in [0, 0.1) is 0 Å². The van der Waals surface area contributed by atoms with Gasteiger partial charge in [0.25, 0.3) is 0 Å². The van der Waals surface area contributed by atoms with Gasteiger partial charge in [0.05, 0.1) is 6.61 Å². The fourth-order valence-corrected chi connectivity index (χ4v) is 2.60. The van der Waals surface area contributed by atoms with Crippen molar-refractivity contribution in [1.82, 2.24) is 9.55 Å². The number of esters is 1. The van der Waals surface area contributed by atoms with E-state index in [1.807, 2.05) is 65.4 Å². The number of carbonyl (C=O) groups is 1. The molecule has 0 aliphatic rings. The highest BCUT2D eigenvalue weighted by molar-refractivity contribution is 6.20. The van der Waals surface area contributed by atoms with Crippen molar-refractivity contribution in [2.75, 3.05) is 6.61 Å². The van der Waals surface area contributed by atoms with Crippen LogP contribution < -0.4 is 0 Å². The first-order valence-electron chi connectivity index (χ1n) is 8.27. The van der Waals surface area contributed by atoms with Gasteiger partial charge in [0.1, 0.15) is 11.4 Å². The van der Waals surface area contributed by atoms with E-state index in [2.05, 4.69) is 17.1 Å². The molecule has 0 bridgehead atoms. The van der Waals surface area contributed by atoms with Crippen molar-refractivity contribution in [3.8, 4) is 0 Å². The van der Waals surface area contributed by atoms with Crippen LogP contribution in [-0.2, 0) is 16.1 Å². The Hall–Kier alpha value is -3.14. The summed E-state index contributed by atoms with van der Waals surface area (Å²) >= 11 is 0. The summed E-state index contributed by atoms with van der Waals surface area (Å²) in [5, 5.41) is 0. The molecule has 0 aliphatic heterocycles. The summed E-state index contributed by atoms with van der Waals surface area (Å²) in [6.07, 6.45) is 5.40. The van der Waals surface area contributed by atoms with Crippen molar-refractivity contribution >= 4 is 17.6 Å². The van der Waals surface area contributed by atoms with E-state index in [4.69, 9.17) is 4.74 Å². The monoisotopic (exact) mass is 332 g/mol. The molecule has 0 radical (unpaired) electrons. The van der Waals surface area contributed by atoms with Gasteiger partial charge in [-0.25, -0.2) is 9.78 Å². The van der Waals surface area contributed by atoms with Gasteiger partial charge in [0.2, 0.25) is 0 Å². The van der Waals surface area contributed by atoms with E-state index in [-0.39, 0.29) is 5.97 Å². The van der Waals surface area contributed by atoms with Gasteiger partial charge in [-0.15, -0.1) is 0 Å². The Kier molecular flexibility index (Phi) is 5.42. The number of carbonyl (C=O) groups excluding carboxylic acids is 1. The lowest BCUT2D eigenvalue weighted by Crippen LogP contribution is -2.12. The third-order valence-corrected chi connectivity index (χ3v) is 3.76. The molecule has 4 heteroatoms. The minimum Gasteiger partial charge on any atom is -0.462 e. The van der Waals surface area contributed by atoms with Crippen molar-refractivity contribution in [2.45, 2.75) is 13.5 Å². The number of benzene rings is 2. The first kappa shape index (κ1) is 16.7. The van der Waals surface area contributed by atoms with Gasteiger partial charge in [-0.2, -0.15) is 0 Å². The fourth-order valence-electron chi connectivity index (χ4n) is 2.60. The molecule has 0 saturated heterocycles. The zero-order valence-electron chi connectivity index (χ0n) is 14.1. The summed E-state index contributed by atoms with van der Waals surface area (Å²) in [5.41, 5.74) is 2.53. The number of imidazole rings is 1. The highest BCUT2D eigenvalue weighted by atomic mass is 16.5. The molecule has 4 nitrogen and oxygen atoms in total. The molecule has 1 heterocycles. The van der Waals surface area contributed by atoms with Crippen LogP contribution in [0.2, 0.25) is 0 Å². The van der Waals surface area contributed by atoms with Gasteiger partial charge in [-0.1, -0.05) is 60.7 Å². The van der Waals surface area contributed by atoms with Gasteiger partial charge in [0.15, 0.2) is 0 Å². The van der Waals surface area contributed by atoms with Crippen LogP contribution in [0.3, 0.4) is 0 Å². The maximum absolute atomic E-state index is 12.5. The SMILES string of the molecule is CCOC(=O)/C(=C\c1ccccc1)c1nccn1Cc1ccccc1. The van der Waals surface area contributed by atoms with Crippen LogP contribution in [0.5, 0.6) is 0 Å². The molecule has 0 atom stereocenters. The molecule has 126 valence electrons. The van der Waals surface area contributed by atoms with E-state index in [0.29, 0.717) is 24.5 Å². The van der Waals surface area contributed by atoms with Gasteiger partial charge in [-0.05, 0) is 24.1 Å². The van der Waals surface area contributed by atoms with E-state index >= 15 is 0 Å². The number of nitrogens with zero attached hydrogens (tertiary/aromatic N) is 2. The third-order valence-electron chi connectivity index (χ3n) is 3.76. The summed E-state index contributed by atoms with van der Waals surface area (Å²) in [6.45, 7) is 2.76. The Labute approximate surface area is 147 Å². The molecule has 0 fully saturated rings. The third kappa shape index (κ3) is 4.23. The normalized spacial score (nSPS) is 11.3. The van der Waals surface area contributed by atoms with E-state index in [1.165, 1.54) is 0 Å². The van der Waals surface area contributed by atoms with Gasteiger partial charge in [0, 0.05) is 18.9 Å². The van der Waals surface area contributed by atoms with E-state index in [0.717, 1.165) is 11.1 Å². The predicted molar refractivity (Wildman–Crippen MR) is 98.7 cm³/mol. The molecule has 0 N–H and O–H groups in total. The van der Waals surface area contributed by atoms with Crippen molar-refractivity contribution in [3.05, 3.63) is 90.0 Å². The second kappa shape index (κ2) is 8.11. The zero-order chi connectivity index (χ0) is 17.5. The van der Waals surface area contributed by atoms with Crippen molar-refractivity contribution < 1.29 is 9.53 Å². The molecule has 3 aromatic rings. The Bertz CT molecular complexity index is 852. The van der Waals surface area contributed by atoms with Gasteiger partial charge in [-0.3, -0.25) is 0 Å². The molecule has 2 aromatic carbocycles. The standard InChI is InChI=1S/C21H20N2O2/c1-2-25-21(24)19(15-17-9-5-3-6-10-17)20-22-13-14-23(20)16-18-11-7-4-8-12-18/h3-15H,2,16H2,1H3/b19-15-. The van der Waals surface area contributed by atoms with Gasteiger partial charge < -0.3 is 9.30 Å². The topological polar surface area (TPSA) is 44.1 Å². The zero-order valence-corrected chi connectivity index (χ0v) is 14.1. The maximum atomic E-state index is 12.5. The Morgan fingerprint density at radius 2 is 1.76 bits per heavy atom. The maximum Gasteiger partial charge on any atom is 0.341 e. The van der Waals surface area contributed by atoms with Crippen molar-refractivity contribution in [2.24, 2.45) is 0 Å². The minimum atomic E-state index is -0.369. The first-order chi connectivity index (χ1) is 12.3. The average Bonchev–Trinajstić information content (AvgIpc) is 3.09. The molecule has 0 aliphatic carbocycles. The Morgan fingerprint density at radius 1 is 1.08 bits per heavy atom. The number of rotatable bonds is 6. The lowest BCUT2D eigenvalue weighted by Gasteiger charge is -2.11.